The summed E-state index contributed by atoms with van der Waals surface area (Å²) in [5, 5.41) is 0. The molecule has 0 N–H and O–H groups in total. The third kappa shape index (κ3) is 5.10. The summed E-state index contributed by atoms with van der Waals surface area (Å²) >= 11 is 0. The largest absolute Gasteiger partial charge is 0.497 e. The number of hydrogen-bond acceptors (Lipinski definition) is 1. The van der Waals surface area contributed by atoms with E-state index in [1.54, 1.807) is 0 Å². The summed E-state index contributed by atoms with van der Waals surface area (Å²) in [4.78, 5) is 0. The van der Waals surface area contributed by atoms with E-state index in [0.29, 0.717) is 6.26 Å². The van der Waals surface area contributed by atoms with Crippen LogP contribution in [0, 0.1) is 6.92 Å². The molecule has 82 valence electrons. The molecule has 0 aromatic heterocycles. The summed E-state index contributed by atoms with van der Waals surface area (Å²) in [6.07, 6.45) is -3.58. The van der Waals surface area contributed by atoms with E-state index in [9.17, 15) is 13.2 Å². The molecule has 1 rings (SSSR count). The van der Waals surface area contributed by atoms with Crippen LogP contribution in [-0.2, 0) is 11.3 Å². The van der Waals surface area contributed by atoms with E-state index in [-0.39, 0.29) is 12.7 Å². The molecule has 0 aliphatic heterocycles. The Bertz CT molecular complexity index is 325. The maximum Gasteiger partial charge on any atom is 0.412 e. The van der Waals surface area contributed by atoms with E-state index >= 15 is 0 Å². The molecule has 0 aliphatic rings. The fraction of sp³-hybridized carbons (Fsp3) is 0.273. The Morgan fingerprint density at radius 1 is 1.20 bits per heavy atom. The van der Waals surface area contributed by atoms with Crippen molar-refractivity contribution in [3.05, 3.63) is 47.7 Å². The van der Waals surface area contributed by atoms with Crippen LogP contribution in [0.15, 0.2) is 36.6 Å². The predicted molar refractivity (Wildman–Crippen MR) is 51.2 cm³/mol. The molecule has 0 amide bonds. The van der Waals surface area contributed by atoms with E-state index in [1.165, 1.54) is 0 Å². The van der Waals surface area contributed by atoms with Crippen LogP contribution >= 0.6 is 0 Å². The average Bonchev–Trinajstić information content (AvgIpc) is 2.14. The van der Waals surface area contributed by atoms with Crippen molar-refractivity contribution in [1.29, 1.82) is 0 Å². The van der Waals surface area contributed by atoms with Crippen molar-refractivity contribution in [1.82, 2.24) is 0 Å². The van der Waals surface area contributed by atoms with Gasteiger partial charge < -0.3 is 4.74 Å². The van der Waals surface area contributed by atoms with Gasteiger partial charge in [-0.2, -0.15) is 13.2 Å². The zero-order chi connectivity index (χ0) is 11.3. The number of rotatable bonds is 3. The average molecular weight is 216 g/mol. The number of alkyl halides is 3. The third-order valence-corrected chi connectivity index (χ3v) is 1.72. The first-order valence-corrected chi connectivity index (χ1v) is 4.39. The van der Waals surface area contributed by atoms with E-state index in [1.807, 2.05) is 31.2 Å². The van der Waals surface area contributed by atoms with Gasteiger partial charge in [0.05, 0.1) is 12.3 Å². The second kappa shape index (κ2) is 4.87. The molecule has 0 fully saturated rings. The van der Waals surface area contributed by atoms with Crippen molar-refractivity contribution in [2.75, 3.05) is 0 Å². The molecule has 4 heteroatoms. The molecule has 0 saturated heterocycles. The summed E-state index contributed by atoms with van der Waals surface area (Å²) < 4.78 is 39.7. The smallest absolute Gasteiger partial charge is 0.412 e. The van der Waals surface area contributed by atoms with E-state index in [2.05, 4.69) is 0 Å². The van der Waals surface area contributed by atoms with Crippen LogP contribution in [0.4, 0.5) is 13.2 Å². The summed E-state index contributed by atoms with van der Waals surface area (Å²) in [5.41, 5.74) is 1.94. The topological polar surface area (TPSA) is 9.23 Å². The van der Waals surface area contributed by atoms with Gasteiger partial charge in [-0.15, -0.1) is 0 Å². The molecule has 0 bridgehead atoms. The highest BCUT2D eigenvalue weighted by molar-refractivity contribution is 5.20. The number of allylic oxidation sites excluding steroid dienone is 1. The number of ether oxygens (including phenoxy) is 1. The highest BCUT2D eigenvalue weighted by atomic mass is 19.4. The summed E-state index contributed by atoms with van der Waals surface area (Å²) in [5.74, 6) is 0. The summed E-state index contributed by atoms with van der Waals surface area (Å²) in [6, 6.07) is 7.39. The van der Waals surface area contributed by atoms with Crippen LogP contribution < -0.4 is 0 Å². The highest BCUT2D eigenvalue weighted by Crippen LogP contribution is 2.16. The maximum atomic E-state index is 11.7. The normalized spacial score (nSPS) is 12.0. The number of halogens is 3. The second-order valence-corrected chi connectivity index (χ2v) is 3.14. The standard InChI is InChI=1S/C11H11F3O/c1-9-2-4-10(5-3-9)8-15-7-6-11(12,13)14/h2-7H,8H2,1H3/b7-6-. The molecule has 1 aromatic carbocycles. The van der Waals surface area contributed by atoms with E-state index in [0.717, 1.165) is 11.1 Å². The van der Waals surface area contributed by atoms with Gasteiger partial charge in [0.15, 0.2) is 0 Å². The molecule has 0 spiro atoms. The molecule has 15 heavy (non-hydrogen) atoms. The Kier molecular flexibility index (Phi) is 3.77. The van der Waals surface area contributed by atoms with Crippen molar-refractivity contribution >= 4 is 0 Å². The minimum absolute atomic E-state index is 0.0706. The first-order valence-electron chi connectivity index (χ1n) is 4.39. The van der Waals surface area contributed by atoms with Gasteiger partial charge in [0.2, 0.25) is 0 Å². The van der Waals surface area contributed by atoms with E-state index < -0.39 is 6.18 Å². The van der Waals surface area contributed by atoms with Crippen LogP contribution in [-0.4, -0.2) is 6.18 Å². The molecule has 1 aromatic rings. The van der Waals surface area contributed by atoms with Crippen LogP contribution in [0.25, 0.3) is 0 Å². The second-order valence-electron chi connectivity index (χ2n) is 3.14. The van der Waals surface area contributed by atoms with Gasteiger partial charge in [-0.1, -0.05) is 29.8 Å². The van der Waals surface area contributed by atoms with Crippen molar-refractivity contribution in [3.8, 4) is 0 Å². The molecule has 0 atom stereocenters. The minimum atomic E-state index is -4.31. The van der Waals surface area contributed by atoms with Crippen molar-refractivity contribution in [2.24, 2.45) is 0 Å². The fourth-order valence-electron chi connectivity index (χ4n) is 0.954. The molecule has 0 saturated carbocycles. The Morgan fingerprint density at radius 2 is 1.80 bits per heavy atom. The SMILES string of the molecule is Cc1ccc(CO/C=C\C(F)(F)F)cc1. The Hall–Kier alpha value is -1.45. The van der Waals surface area contributed by atoms with Gasteiger partial charge >= 0.3 is 6.18 Å². The highest BCUT2D eigenvalue weighted by Gasteiger charge is 2.22. The lowest BCUT2D eigenvalue weighted by Crippen LogP contribution is -2.01. The van der Waals surface area contributed by atoms with Gasteiger partial charge in [-0.3, -0.25) is 0 Å². The van der Waals surface area contributed by atoms with Gasteiger partial charge in [0.1, 0.15) is 6.61 Å². The van der Waals surface area contributed by atoms with Crippen LogP contribution in [0.2, 0.25) is 0 Å². The van der Waals surface area contributed by atoms with Crippen LogP contribution in [0.3, 0.4) is 0 Å². The molecule has 0 aliphatic carbocycles. The van der Waals surface area contributed by atoms with Gasteiger partial charge in [-0.25, -0.2) is 0 Å². The molecular weight excluding hydrogens is 205 g/mol. The minimum Gasteiger partial charge on any atom is -0.497 e. The van der Waals surface area contributed by atoms with Crippen molar-refractivity contribution < 1.29 is 17.9 Å². The fourth-order valence-corrected chi connectivity index (χ4v) is 0.954. The predicted octanol–water partition coefficient (Wildman–Crippen LogP) is 3.59. The third-order valence-electron chi connectivity index (χ3n) is 1.72. The van der Waals surface area contributed by atoms with Crippen LogP contribution in [0.5, 0.6) is 0 Å². The van der Waals surface area contributed by atoms with Crippen molar-refractivity contribution in [3.63, 3.8) is 0 Å². The van der Waals surface area contributed by atoms with Gasteiger partial charge in [-0.05, 0) is 12.5 Å². The Labute approximate surface area is 86.2 Å². The Balaban J connectivity index is 2.38. The first-order chi connectivity index (χ1) is 6.97. The molecule has 1 nitrogen and oxygen atoms in total. The monoisotopic (exact) mass is 216 g/mol. The zero-order valence-corrected chi connectivity index (χ0v) is 8.21. The molecule has 0 heterocycles. The van der Waals surface area contributed by atoms with Crippen LogP contribution in [0.1, 0.15) is 11.1 Å². The lowest BCUT2D eigenvalue weighted by molar-refractivity contribution is -0.0817. The number of hydrogen-bond donors (Lipinski definition) is 0. The molecule has 0 unspecified atom stereocenters. The maximum absolute atomic E-state index is 11.7. The quantitative estimate of drug-likeness (QED) is 0.701. The lowest BCUT2D eigenvalue weighted by Gasteiger charge is -2.02. The number of aryl methyl sites for hydroxylation is 1. The zero-order valence-electron chi connectivity index (χ0n) is 8.21. The van der Waals surface area contributed by atoms with E-state index in [4.69, 9.17) is 4.74 Å². The number of benzene rings is 1. The molecule has 0 radical (unpaired) electrons. The first kappa shape index (κ1) is 11.6. The van der Waals surface area contributed by atoms with Gasteiger partial charge in [0, 0.05) is 0 Å². The van der Waals surface area contributed by atoms with Crippen molar-refractivity contribution in [2.45, 2.75) is 19.7 Å². The summed E-state index contributed by atoms with van der Waals surface area (Å²) in [6.45, 7) is 2.08. The van der Waals surface area contributed by atoms with Gasteiger partial charge in [0.25, 0.3) is 0 Å². The molecular formula is C11H11F3O. The summed E-state index contributed by atoms with van der Waals surface area (Å²) in [7, 11) is 0. The Morgan fingerprint density at radius 3 is 2.33 bits per heavy atom. The lowest BCUT2D eigenvalue weighted by atomic mass is 10.2.